The van der Waals surface area contributed by atoms with Gasteiger partial charge in [-0.15, -0.1) is 0 Å². The number of nitrogens with one attached hydrogen (secondary N) is 1. The summed E-state index contributed by atoms with van der Waals surface area (Å²) in [4.78, 5) is 11.3. The molecule has 8 atom stereocenters. The molecule has 1 heterocycles. The van der Waals surface area contributed by atoms with Crippen molar-refractivity contribution in [2.24, 2.45) is 5.92 Å². The first-order chi connectivity index (χ1) is 25.9. The molecule has 9 heteroatoms. The number of phenols is 1. The summed E-state index contributed by atoms with van der Waals surface area (Å²) in [6, 6.07) is 12.8. The minimum Gasteiger partial charge on any atom is -0.508 e. The van der Waals surface area contributed by atoms with Gasteiger partial charge in [-0.25, -0.2) is 0 Å². The Hall–Kier alpha value is -3.49. The quantitative estimate of drug-likeness (QED) is 0.0710. The Morgan fingerprint density at radius 1 is 1.02 bits per heavy atom. The number of carboxylic acids is 1. The van der Waals surface area contributed by atoms with E-state index in [0.717, 1.165) is 60.8 Å². The van der Waals surface area contributed by atoms with E-state index < -0.39 is 42.4 Å². The Labute approximate surface area is 321 Å². The fourth-order valence-corrected chi connectivity index (χ4v) is 8.24. The van der Waals surface area contributed by atoms with E-state index in [2.05, 4.69) is 42.3 Å². The fraction of sp³-hybridized carbons (Fsp3) is 0.578. The van der Waals surface area contributed by atoms with Crippen LogP contribution in [-0.4, -0.2) is 84.8 Å². The van der Waals surface area contributed by atoms with Crippen molar-refractivity contribution in [3.63, 3.8) is 0 Å². The standard InChI is InChI=1S/C45H63NO8/c1-4-6-14-40(50)41(51)25-21-31-16-17-33-13-10-12-30(5-2)43(33)34-20-24-39(32-18-22-36(48)23-19-32)45(3,54)29-46-44(38(31)27-37(49)28-47)35(26-34)11-8-7-9-15-42(52)53/h10,12-13,18-19,21-23,25,34-35,37,39-41,44,46-51,54H,4-9,11,14-17,26-29H2,1-3H3,(H,52,53)/b25-21+,38-31+/t34-,35+,37+,39+,40+,41-,44+,45-/m1/s1. The maximum absolute atomic E-state index is 12.3. The van der Waals surface area contributed by atoms with Crippen molar-refractivity contribution in [3.05, 3.63) is 88.0 Å². The Bertz CT molecular complexity index is 1620. The summed E-state index contributed by atoms with van der Waals surface area (Å²) in [7, 11) is 0. The van der Waals surface area contributed by atoms with Gasteiger partial charge < -0.3 is 41.1 Å². The molecule has 0 fully saturated rings. The van der Waals surface area contributed by atoms with E-state index in [-0.39, 0.29) is 43.0 Å². The molecule has 0 unspecified atom stereocenters. The SMILES string of the molecule is CCCC[C@H](O)[C@H](O)/C=C/C1=C(\C[C@H](O)CO)[C@H]2NC[C@@](C)(O)[C@H](c3ccc(O)cc3)C#C[C@H](C[C@@H]2CCCCCC(=O)O)c2c(CC)cccc2CC1. The summed E-state index contributed by atoms with van der Waals surface area (Å²) in [5.74, 6) is 5.63. The molecule has 0 aromatic heterocycles. The number of rotatable bonds is 17. The first kappa shape index (κ1) is 43.2. The van der Waals surface area contributed by atoms with Crippen LogP contribution in [0.2, 0.25) is 0 Å². The summed E-state index contributed by atoms with van der Waals surface area (Å²) < 4.78 is 0. The number of hydrogen-bond donors (Lipinski definition) is 8. The Kier molecular flexibility index (Phi) is 16.8. The average molecular weight is 746 g/mol. The van der Waals surface area contributed by atoms with Gasteiger partial charge >= 0.3 is 5.97 Å². The van der Waals surface area contributed by atoms with Crippen molar-refractivity contribution in [2.75, 3.05) is 13.2 Å². The smallest absolute Gasteiger partial charge is 0.303 e. The maximum atomic E-state index is 12.3. The largest absolute Gasteiger partial charge is 0.508 e. The van der Waals surface area contributed by atoms with E-state index >= 15 is 0 Å². The lowest BCUT2D eigenvalue weighted by molar-refractivity contribution is -0.137. The molecule has 0 saturated carbocycles. The lowest BCUT2D eigenvalue weighted by Gasteiger charge is -2.40. The topological polar surface area (TPSA) is 171 Å². The molecule has 54 heavy (non-hydrogen) atoms. The minimum atomic E-state index is -1.37. The van der Waals surface area contributed by atoms with Crippen LogP contribution < -0.4 is 5.32 Å². The molecule has 0 saturated heterocycles. The number of phenolic OH excluding ortho intramolecular Hbond substituents is 1. The second-order valence-electron chi connectivity index (χ2n) is 15.6. The molecule has 2 aromatic carbocycles. The second-order valence-corrected chi connectivity index (χ2v) is 15.6. The van der Waals surface area contributed by atoms with Crippen LogP contribution in [0.3, 0.4) is 0 Å². The minimum absolute atomic E-state index is 0.0598. The van der Waals surface area contributed by atoms with Gasteiger partial charge in [-0.05, 0) is 110 Å². The average Bonchev–Trinajstić information content (AvgIpc) is 3.15. The molecule has 0 amide bonds. The number of aliphatic hydroxyl groups is 5. The van der Waals surface area contributed by atoms with E-state index in [4.69, 9.17) is 0 Å². The van der Waals surface area contributed by atoms with Crippen molar-refractivity contribution in [2.45, 2.75) is 146 Å². The van der Waals surface area contributed by atoms with Crippen molar-refractivity contribution in [1.29, 1.82) is 0 Å². The molecule has 4 rings (SSSR count). The number of allylic oxidation sites excluding steroid dienone is 2. The zero-order valence-corrected chi connectivity index (χ0v) is 32.4. The van der Waals surface area contributed by atoms with Gasteiger partial charge in [0, 0.05) is 24.9 Å². The Morgan fingerprint density at radius 2 is 1.78 bits per heavy atom. The van der Waals surface area contributed by atoms with Crippen molar-refractivity contribution in [1.82, 2.24) is 5.32 Å². The van der Waals surface area contributed by atoms with Gasteiger partial charge in [-0.3, -0.25) is 4.79 Å². The molecule has 2 bridgehead atoms. The van der Waals surface area contributed by atoms with Gasteiger partial charge in [-0.2, -0.15) is 0 Å². The van der Waals surface area contributed by atoms with Crippen molar-refractivity contribution in [3.8, 4) is 17.6 Å². The van der Waals surface area contributed by atoms with Crippen LogP contribution in [0.25, 0.3) is 0 Å². The molecule has 0 radical (unpaired) electrons. The molecule has 8 N–H and O–H groups in total. The molecule has 9 nitrogen and oxygen atoms in total. The highest BCUT2D eigenvalue weighted by Crippen LogP contribution is 2.41. The molecule has 2 aliphatic rings. The number of carboxylic acid groups (broad SMARTS) is 1. The van der Waals surface area contributed by atoms with E-state index in [1.54, 1.807) is 37.3 Å². The van der Waals surface area contributed by atoms with Crippen LogP contribution >= 0.6 is 0 Å². The zero-order chi connectivity index (χ0) is 39.3. The summed E-state index contributed by atoms with van der Waals surface area (Å²) in [5, 5.41) is 78.4. The Morgan fingerprint density at radius 3 is 2.46 bits per heavy atom. The molecule has 1 aliphatic carbocycles. The normalized spacial score (nSPS) is 26.4. The summed E-state index contributed by atoms with van der Waals surface area (Å²) in [6.45, 7) is 5.64. The molecular weight excluding hydrogens is 682 g/mol. The zero-order valence-electron chi connectivity index (χ0n) is 32.4. The number of hydrogen-bond acceptors (Lipinski definition) is 8. The van der Waals surface area contributed by atoms with Crippen LogP contribution in [0.15, 0.2) is 65.8 Å². The third-order valence-electron chi connectivity index (χ3n) is 11.3. The summed E-state index contributed by atoms with van der Waals surface area (Å²) in [6.07, 6.45) is 8.36. The van der Waals surface area contributed by atoms with Crippen LogP contribution in [0.5, 0.6) is 5.75 Å². The predicted molar refractivity (Wildman–Crippen MR) is 212 cm³/mol. The first-order valence-electron chi connectivity index (χ1n) is 20.0. The number of β-amino-alcohol motifs (C(OH)–C–C–N with tert-alkyl or cyclic N) is 1. The van der Waals surface area contributed by atoms with E-state index in [1.165, 1.54) is 11.1 Å². The van der Waals surface area contributed by atoms with Gasteiger partial charge in [0.25, 0.3) is 0 Å². The van der Waals surface area contributed by atoms with Crippen molar-refractivity contribution < 1.29 is 40.5 Å². The van der Waals surface area contributed by atoms with Gasteiger partial charge in [0.2, 0.25) is 0 Å². The van der Waals surface area contributed by atoms with E-state index in [9.17, 15) is 40.5 Å². The highest BCUT2D eigenvalue weighted by molar-refractivity contribution is 5.66. The molecule has 0 spiro atoms. The number of unbranched alkanes of at least 4 members (excludes halogenated alkanes) is 3. The van der Waals surface area contributed by atoms with Crippen LogP contribution in [0.1, 0.15) is 125 Å². The van der Waals surface area contributed by atoms with Gasteiger partial charge in [-0.1, -0.05) is 93.9 Å². The molecule has 2 aromatic rings. The third-order valence-corrected chi connectivity index (χ3v) is 11.3. The number of aryl methyl sites for hydroxylation is 2. The van der Waals surface area contributed by atoms with E-state index in [0.29, 0.717) is 32.1 Å². The highest BCUT2D eigenvalue weighted by Gasteiger charge is 2.38. The number of aliphatic carboxylic acids is 1. The number of aliphatic hydroxyl groups excluding tert-OH is 4. The first-order valence-corrected chi connectivity index (χ1v) is 20.0. The molecule has 1 aliphatic heterocycles. The van der Waals surface area contributed by atoms with E-state index in [1.807, 2.05) is 13.0 Å². The summed E-state index contributed by atoms with van der Waals surface area (Å²) in [5.41, 5.74) is 4.71. The van der Waals surface area contributed by atoms with Crippen molar-refractivity contribution >= 4 is 5.97 Å². The Balaban J connectivity index is 1.97. The second kappa shape index (κ2) is 21.0. The van der Waals surface area contributed by atoms with Gasteiger partial charge in [0.1, 0.15) is 5.75 Å². The number of benzene rings is 2. The molecular formula is C45H63NO8. The highest BCUT2D eigenvalue weighted by atomic mass is 16.4. The van der Waals surface area contributed by atoms with Gasteiger partial charge in [0.05, 0.1) is 36.4 Å². The van der Waals surface area contributed by atoms with Crippen LogP contribution in [-0.2, 0) is 17.6 Å². The lowest BCUT2D eigenvalue weighted by Crippen LogP contribution is -2.50. The van der Waals surface area contributed by atoms with Gasteiger partial charge in [0.15, 0.2) is 0 Å². The predicted octanol–water partition coefficient (Wildman–Crippen LogP) is 6.04. The van der Waals surface area contributed by atoms with Crippen LogP contribution in [0, 0.1) is 17.8 Å². The van der Waals surface area contributed by atoms with Crippen LogP contribution in [0.4, 0.5) is 0 Å². The monoisotopic (exact) mass is 745 g/mol. The fourth-order valence-electron chi connectivity index (χ4n) is 8.24. The number of aromatic hydroxyl groups is 1. The molecule has 296 valence electrons. The third kappa shape index (κ3) is 12.0. The summed E-state index contributed by atoms with van der Waals surface area (Å²) >= 11 is 0. The number of fused-ring (bicyclic) bond motifs is 5. The lowest BCUT2D eigenvalue weighted by atomic mass is 9.72. The number of carbonyl (C=O) groups is 1. The maximum Gasteiger partial charge on any atom is 0.303 e.